The second-order valence-electron chi connectivity index (χ2n) is 6.60. The molecule has 1 fully saturated rings. The standard InChI is InChI=1S/C20H21NO4/c22-11-2-1-4-13-5-3-6-16-17(13)12-15(19(16)24)8-7-14-9-10-18(23)21-20(14)25/h3,5-6,14-15,22H,2,7-12H2,(H,21,23,25). The summed E-state index contributed by atoms with van der Waals surface area (Å²) in [5.74, 6) is 5.34. The lowest BCUT2D eigenvalue weighted by Gasteiger charge is -2.21. The van der Waals surface area contributed by atoms with Crippen LogP contribution in [0, 0.1) is 23.7 Å². The second kappa shape index (κ2) is 7.62. The van der Waals surface area contributed by atoms with Crippen molar-refractivity contribution in [3.05, 3.63) is 34.9 Å². The lowest BCUT2D eigenvalue weighted by Crippen LogP contribution is -2.40. The van der Waals surface area contributed by atoms with Crippen LogP contribution < -0.4 is 5.32 Å². The minimum Gasteiger partial charge on any atom is -0.395 e. The number of aliphatic hydroxyl groups is 1. The number of fused-ring (bicyclic) bond motifs is 1. The van der Waals surface area contributed by atoms with Gasteiger partial charge in [-0.1, -0.05) is 24.0 Å². The summed E-state index contributed by atoms with van der Waals surface area (Å²) in [6.45, 7) is 0.0233. The van der Waals surface area contributed by atoms with Crippen LogP contribution in [-0.4, -0.2) is 29.3 Å². The molecule has 0 radical (unpaired) electrons. The molecule has 2 amide bonds. The molecule has 1 aliphatic carbocycles. The highest BCUT2D eigenvalue weighted by Crippen LogP contribution is 2.33. The van der Waals surface area contributed by atoms with Gasteiger partial charge in [0.15, 0.2) is 5.78 Å². The number of amides is 2. The molecule has 1 heterocycles. The number of Topliss-reactive ketones (excluding diaryl/α,β-unsaturated/α-hetero) is 1. The lowest BCUT2D eigenvalue weighted by molar-refractivity contribution is -0.136. The van der Waals surface area contributed by atoms with Crippen LogP contribution in [0.2, 0.25) is 0 Å². The van der Waals surface area contributed by atoms with Crippen molar-refractivity contribution in [3.8, 4) is 11.8 Å². The maximum Gasteiger partial charge on any atom is 0.229 e. The first-order chi connectivity index (χ1) is 12.1. The monoisotopic (exact) mass is 339 g/mol. The lowest BCUT2D eigenvalue weighted by atomic mass is 9.88. The highest BCUT2D eigenvalue weighted by atomic mass is 16.3. The van der Waals surface area contributed by atoms with E-state index >= 15 is 0 Å². The Morgan fingerprint density at radius 3 is 2.72 bits per heavy atom. The molecule has 5 heteroatoms. The number of benzene rings is 1. The first-order valence-corrected chi connectivity index (χ1v) is 8.69. The number of piperidine rings is 1. The molecule has 0 saturated carbocycles. The Hall–Kier alpha value is -2.45. The van der Waals surface area contributed by atoms with Crippen molar-refractivity contribution in [1.29, 1.82) is 0 Å². The van der Waals surface area contributed by atoms with Crippen molar-refractivity contribution in [2.24, 2.45) is 11.8 Å². The smallest absolute Gasteiger partial charge is 0.229 e. The molecule has 2 unspecified atom stereocenters. The summed E-state index contributed by atoms with van der Waals surface area (Å²) in [4.78, 5) is 35.7. The van der Waals surface area contributed by atoms with E-state index in [1.165, 1.54) is 0 Å². The van der Waals surface area contributed by atoms with E-state index in [-0.39, 0.29) is 36.0 Å². The first kappa shape index (κ1) is 17.4. The van der Waals surface area contributed by atoms with Crippen LogP contribution in [0.3, 0.4) is 0 Å². The van der Waals surface area contributed by atoms with Crippen LogP contribution in [0.15, 0.2) is 18.2 Å². The number of aliphatic hydroxyl groups excluding tert-OH is 1. The first-order valence-electron chi connectivity index (χ1n) is 8.69. The molecule has 25 heavy (non-hydrogen) atoms. The highest BCUT2D eigenvalue weighted by molar-refractivity contribution is 6.03. The zero-order chi connectivity index (χ0) is 17.8. The number of nitrogens with one attached hydrogen (secondary N) is 1. The van der Waals surface area contributed by atoms with Crippen LogP contribution in [0.25, 0.3) is 0 Å². The molecule has 2 atom stereocenters. The van der Waals surface area contributed by atoms with Crippen molar-refractivity contribution in [2.75, 3.05) is 6.61 Å². The molecule has 0 aromatic heterocycles. The van der Waals surface area contributed by atoms with E-state index in [1.807, 2.05) is 18.2 Å². The minimum absolute atomic E-state index is 0.0233. The van der Waals surface area contributed by atoms with Crippen LogP contribution in [-0.2, 0) is 16.0 Å². The Bertz CT molecular complexity index is 772. The third kappa shape index (κ3) is 3.80. The molecule has 2 N–H and O–H groups in total. The van der Waals surface area contributed by atoms with Crippen LogP contribution in [0.5, 0.6) is 0 Å². The van der Waals surface area contributed by atoms with Gasteiger partial charge in [0.25, 0.3) is 0 Å². The number of rotatable bonds is 4. The minimum atomic E-state index is -0.213. The highest BCUT2D eigenvalue weighted by Gasteiger charge is 2.33. The second-order valence-corrected chi connectivity index (χ2v) is 6.60. The summed E-state index contributed by atoms with van der Waals surface area (Å²) in [6.07, 6.45) is 3.26. The van der Waals surface area contributed by atoms with Gasteiger partial charge >= 0.3 is 0 Å². The van der Waals surface area contributed by atoms with Gasteiger partial charge in [0, 0.05) is 35.8 Å². The molecule has 1 aliphatic heterocycles. The van der Waals surface area contributed by atoms with E-state index in [1.54, 1.807) is 0 Å². The summed E-state index contributed by atoms with van der Waals surface area (Å²) in [5.41, 5.74) is 2.55. The topological polar surface area (TPSA) is 83.5 Å². The molecule has 5 nitrogen and oxygen atoms in total. The van der Waals surface area contributed by atoms with Crippen LogP contribution >= 0.6 is 0 Å². The molecular formula is C20H21NO4. The van der Waals surface area contributed by atoms with Crippen molar-refractivity contribution < 1.29 is 19.5 Å². The molecule has 1 aromatic rings. The largest absolute Gasteiger partial charge is 0.395 e. The Morgan fingerprint density at radius 1 is 1.16 bits per heavy atom. The van der Waals surface area contributed by atoms with E-state index in [4.69, 9.17) is 5.11 Å². The van der Waals surface area contributed by atoms with E-state index < -0.39 is 0 Å². The summed E-state index contributed by atoms with van der Waals surface area (Å²) < 4.78 is 0. The SMILES string of the molecule is O=C1CCC(CCC2Cc3c(C#CCCO)cccc3C2=O)C(=O)N1. The van der Waals surface area contributed by atoms with Crippen molar-refractivity contribution in [2.45, 2.75) is 38.5 Å². The average Bonchev–Trinajstić information content (AvgIpc) is 2.92. The van der Waals surface area contributed by atoms with Crippen molar-refractivity contribution >= 4 is 17.6 Å². The van der Waals surface area contributed by atoms with E-state index in [0.29, 0.717) is 38.5 Å². The average molecular weight is 339 g/mol. The van der Waals surface area contributed by atoms with Gasteiger partial charge in [-0.3, -0.25) is 19.7 Å². The molecule has 1 saturated heterocycles. The van der Waals surface area contributed by atoms with E-state index in [0.717, 1.165) is 16.7 Å². The molecule has 1 aromatic carbocycles. The fourth-order valence-electron chi connectivity index (χ4n) is 3.58. The normalized spacial score (nSPS) is 22.2. The van der Waals surface area contributed by atoms with Crippen LogP contribution in [0.1, 0.15) is 53.6 Å². The maximum atomic E-state index is 12.6. The molecule has 130 valence electrons. The number of imide groups is 1. The predicted molar refractivity (Wildman–Crippen MR) is 91.7 cm³/mol. The van der Waals surface area contributed by atoms with Gasteiger partial charge in [0.2, 0.25) is 11.8 Å². The Kier molecular flexibility index (Phi) is 5.30. The van der Waals surface area contributed by atoms with Crippen LogP contribution in [0.4, 0.5) is 0 Å². The Balaban J connectivity index is 1.67. The Labute approximate surface area is 146 Å². The van der Waals surface area contributed by atoms with E-state index in [9.17, 15) is 14.4 Å². The number of carbonyl (C=O) groups excluding carboxylic acids is 3. The molecule has 3 rings (SSSR count). The number of carbonyl (C=O) groups is 3. The number of hydrogen-bond donors (Lipinski definition) is 2. The zero-order valence-electron chi connectivity index (χ0n) is 14.0. The summed E-state index contributed by atoms with van der Waals surface area (Å²) >= 11 is 0. The third-order valence-electron chi connectivity index (χ3n) is 4.94. The van der Waals surface area contributed by atoms with Crippen molar-refractivity contribution in [3.63, 3.8) is 0 Å². The van der Waals surface area contributed by atoms with Gasteiger partial charge in [-0.05, 0) is 37.3 Å². The van der Waals surface area contributed by atoms with Gasteiger partial charge < -0.3 is 5.11 Å². The van der Waals surface area contributed by atoms with Gasteiger partial charge in [-0.15, -0.1) is 0 Å². The third-order valence-corrected chi connectivity index (χ3v) is 4.94. The van der Waals surface area contributed by atoms with Gasteiger partial charge in [0.05, 0.1) is 6.61 Å². The van der Waals surface area contributed by atoms with E-state index in [2.05, 4.69) is 17.2 Å². The van der Waals surface area contributed by atoms with Gasteiger partial charge in [-0.25, -0.2) is 0 Å². The zero-order valence-corrected chi connectivity index (χ0v) is 14.0. The maximum absolute atomic E-state index is 12.6. The summed E-state index contributed by atoms with van der Waals surface area (Å²) in [6, 6.07) is 5.57. The molecule has 2 aliphatic rings. The number of hydrogen-bond acceptors (Lipinski definition) is 4. The molecule has 0 bridgehead atoms. The predicted octanol–water partition coefficient (Wildman–Crippen LogP) is 1.61. The summed E-state index contributed by atoms with van der Waals surface area (Å²) in [7, 11) is 0. The summed E-state index contributed by atoms with van der Waals surface area (Å²) in [5, 5.41) is 11.2. The fourth-order valence-corrected chi connectivity index (χ4v) is 3.58. The van der Waals surface area contributed by atoms with Gasteiger partial charge in [-0.2, -0.15) is 0 Å². The number of ketones is 1. The van der Waals surface area contributed by atoms with Gasteiger partial charge in [0.1, 0.15) is 0 Å². The molecule has 0 spiro atoms. The Morgan fingerprint density at radius 2 is 1.96 bits per heavy atom. The van der Waals surface area contributed by atoms with Crippen molar-refractivity contribution in [1.82, 2.24) is 5.32 Å². The fraction of sp³-hybridized carbons (Fsp3) is 0.450. The quantitative estimate of drug-likeness (QED) is 0.645. The molecular weight excluding hydrogens is 318 g/mol.